The quantitative estimate of drug-likeness (QED) is 0.530. The van der Waals surface area contributed by atoms with Gasteiger partial charge in [0.1, 0.15) is 0 Å². The van der Waals surface area contributed by atoms with Crippen molar-refractivity contribution in [2.24, 2.45) is 0 Å². The van der Waals surface area contributed by atoms with E-state index >= 15 is 0 Å². The van der Waals surface area contributed by atoms with Crippen LogP contribution in [-0.2, 0) is 0 Å². The summed E-state index contributed by atoms with van der Waals surface area (Å²) in [5, 5.41) is 18.3. The zero-order chi connectivity index (χ0) is 16.7. The summed E-state index contributed by atoms with van der Waals surface area (Å²) in [7, 11) is 4.05. The van der Waals surface area contributed by atoms with E-state index in [1.54, 1.807) is 6.92 Å². The fourth-order valence-electron chi connectivity index (χ4n) is 2.62. The summed E-state index contributed by atoms with van der Waals surface area (Å²) in [5.74, 6) is 1.06. The molecule has 0 spiro atoms. The van der Waals surface area contributed by atoms with Gasteiger partial charge in [0, 0.05) is 36.1 Å². The molecule has 0 aliphatic carbocycles. The molecule has 6 heteroatoms. The molecule has 24 heavy (non-hydrogen) atoms. The number of hydrogen-bond acceptors (Lipinski definition) is 6. The van der Waals surface area contributed by atoms with Gasteiger partial charge in [-0.05, 0) is 31.2 Å². The van der Waals surface area contributed by atoms with Crippen LogP contribution in [0.4, 0.5) is 5.69 Å². The number of hydrogen-bond donors (Lipinski definition) is 0. The van der Waals surface area contributed by atoms with E-state index in [1.165, 1.54) is 0 Å². The Bertz CT molecular complexity index is 1040. The first-order valence-electron chi connectivity index (χ1n) is 7.66. The minimum absolute atomic E-state index is 0.506. The van der Waals surface area contributed by atoms with Crippen molar-refractivity contribution in [1.29, 1.82) is 0 Å². The average molecular weight is 316 g/mol. The molecule has 4 rings (SSSR count). The molecule has 0 aliphatic heterocycles. The van der Waals surface area contributed by atoms with Crippen molar-refractivity contribution in [3.05, 3.63) is 48.3 Å². The van der Waals surface area contributed by atoms with Gasteiger partial charge in [-0.3, -0.25) is 0 Å². The van der Waals surface area contributed by atoms with Crippen LogP contribution in [-0.4, -0.2) is 39.5 Å². The Morgan fingerprint density at radius 2 is 1.42 bits per heavy atom. The topological polar surface area (TPSA) is 67.7 Å². The maximum absolute atomic E-state index is 4.80. The molecule has 0 fully saturated rings. The highest BCUT2D eigenvalue weighted by molar-refractivity contribution is 5.95. The number of aromatic nitrogens is 5. The lowest BCUT2D eigenvalue weighted by Gasteiger charge is -2.13. The highest BCUT2D eigenvalue weighted by Gasteiger charge is 2.07. The minimum atomic E-state index is 0.506. The molecule has 0 unspecified atom stereocenters. The monoisotopic (exact) mass is 316 g/mol. The van der Waals surface area contributed by atoms with Crippen molar-refractivity contribution in [2.45, 2.75) is 6.92 Å². The molecular weight excluding hydrogens is 300 g/mol. The number of rotatable bonds is 2. The molecule has 0 saturated carbocycles. The second-order valence-electron chi connectivity index (χ2n) is 5.94. The summed E-state index contributed by atoms with van der Waals surface area (Å²) in [6.07, 6.45) is 0. The maximum Gasteiger partial charge on any atom is 0.203 e. The first kappa shape index (κ1) is 14.4. The molecule has 0 radical (unpaired) electrons. The van der Waals surface area contributed by atoms with Crippen LogP contribution in [0.15, 0.2) is 42.5 Å². The van der Waals surface area contributed by atoms with Crippen molar-refractivity contribution < 1.29 is 0 Å². The smallest absolute Gasteiger partial charge is 0.203 e. The number of nitrogens with zero attached hydrogens (tertiary/aromatic N) is 6. The summed E-state index contributed by atoms with van der Waals surface area (Å²) in [4.78, 5) is 6.87. The van der Waals surface area contributed by atoms with Gasteiger partial charge in [-0.15, -0.1) is 20.4 Å². The maximum atomic E-state index is 4.80. The van der Waals surface area contributed by atoms with E-state index in [4.69, 9.17) is 4.98 Å². The summed E-state index contributed by atoms with van der Waals surface area (Å²) in [6, 6.07) is 14.4. The molecule has 6 nitrogen and oxygen atoms in total. The van der Waals surface area contributed by atoms with Crippen LogP contribution >= 0.6 is 0 Å². The average Bonchev–Trinajstić information content (AvgIpc) is 2.59. The fraction of sp³-hybridized carbons (Fsp3) is 0.167. The van der Waals surface area contributed by atoms with E-state index in [9.17, 15) is 0 Å². The van der Waals surface area contributed by atoms with Gasteiger partial charge in [-0.1, -0.05) is 18.2 Å². The molecule has 0 aliphatic rings. The largest absolute Gasteiger partial charge is 0.378 e. The predicted octanol–water partition coefficient (Wildman–Crippen LogP) is 3.01. The van der Waals surface area contributed by atoms with Gasteiger partial charge in [0.05, 0.1) is 11.0 Å². The summed E-state index contributed by atoms with van der Waals surface area (Å²) in [5.41, 5.74) is 3.85. The third-order valence-electron chi connectivity index (χ3n) is 3.95. The molecule has 2 heterocycles. The summed E-state index contributed by atoms with van der Waals surface area (Å²) in [6.45, 7) is 1.76. The Morgan fingerprint density at radius 1 is 0.750 bits per heavy atom. The van der Waals surface area contributed by atoms with Crippen molar-refractivity contribution in [1.82, 2.24) is 25.4 Å². The molecule has 2 aromatic carbocycles. The van der Waals surface area contributed by atoms with Crippen LogP contribution < -0.4 is 4.90 Å². The fourth-order valence-corrected chi connectivity index (χ4v) is 2.62. The van der Waals surface area contributed by atoms with Gasteiger partial charge in [0.25, 0.3) is 0 Å². The van der Waals surface area contributed by atoms with E-state index in [2.05, 4.69) is 49.6 Å². The summed E-state index contributed by atoms with van der Waals surface area (Å²) >= 11 is 0. The number of anilines is 1. The van der Waals surface area contributed by atoms with Crippen LogP contribution in [0.25, 0.3) is 33.2 Å². The Morgan fingerprint density at radius 3 is 2.12 bits per heavy atom. The number of aryl methyl sites for hydroxylation is 1. The predicted molar refractivity (Wildman–Crippen MR) is 94.9 cm³/mol. The Kier molecular flexibility index (Phi) is 3.30. The Labute approximate surface area is 139 Å². The Hall–Kier alpha value is -3.15. The standard InChI is InChI=1S/C18H16N6/c1-11-20-22-18(23-21-11)14-5-4-12-8-13-6-7-15(24(2)3)10-17(13)19-16(12)9-14/h4-10H,1-3H3. The van der Waals surface area contributed by atoms with E-state index in [-0.39, 0.29) is 0 Å². The molecule has 0 saturated heterocycles. The molecule has 118 valence electrons. The molecular formula is C18H16N6. The SMILES string of the molecule is Cc1nnc(-c2ccc3cc4ccc(N(C)C)cc4nc3c2)nn1. The highest BCUT2D eigenvalue weighted by Crippen LogP contribution is 2.26. The van der Waals surface area contributed by atoms with Crippen LogP contribution in [0, 0.1) is 6.92 Å². The van der Waals surface area contributed by atoms with E-state index in [1.807, 2.05) is 32.3 Å². The van der Waals surface area contributed by atoms with Gasteiger partial charge in [0.15, 0.2) is 5.82 Å². The van der Waals surface area contributed by atoms with Crippen molar-refractivity contribution >= 4 is 27.5 Å². The second kappa shape index (κ2) is 5.49. The van der Waals surface area contributed by atoms with Crippen LogP contribution in [0.1, 0.15) is 5.82 Å². The molecule has 0 N–H and O–H groups in total. The van der Waals surface area contributed by atoms with E-state index in [0.29, 0.717) is 11.6 Å². The highest BCUT2D eigenvalue weighted by atomic mass is 15.3. The van der Waals surface area contributed by atoms with Crippen LogP contribution in [0.3, 0.4) is 0 Å². The van der Waals surface area contributed by atoms with E-state index < -0.39 is 0 Å². The number of benzene rings is 2. The second-order valence-corrected chi connectivity index (χ2v) is 5.94. The van der Waals surface area contributed by atoms with Gasteiger partial charge < -0.3 is 4.90 Å². The van der Waals surface area contributed by atoms with Gasteiger partial charge >= 0.3 is 0 Å². The third-order valence-corrected chi connectivity index (χ3v) is 3.95. The van der Waals surface area contributed by atoms with Crippen LogP contribution in [0.5, 0.6) is 0 Å². The first-order chi connectivity index (χ1) is 11.6. The van der Waals surface area contributed by atoms with Crippen molar-refractivity contribution in [2.75, 3.05) is 19.0 Å². The van der Waals surface area contributed by atoms with Crippen molar-refractivity contribution in [3.8, 4) is 11.4 Å². The molecule has 0 bridgehead atoms. The zero-order valence-electron chi connectivity index (χ0n) is 13.7. The van der Waals surface area contributed by atoms with Gasteiger partial charge in [-0.25, -0.2) is 4.98 Å². The van der Waals surface area contributed by atoms with Gasteiger partial charge in [0.2, 0.25) is 5.82 Å². The molecule has 0 atom stereocenters. The first-order valence-corrected chi connectivity index (χ1v) is 7.66. The minimum Gasteiger partial charge on any atom is -0.378 e. The lowest BCUT2D eigenvalue weighted by atomic mass is 10.1. The molecule has 2 aromatic heterocycles. The number of pyridine rings is 1. The van der Waals surface area contributed by atoms with Gasteiger partial charge in [-0.2, -0.15) is 0 Å². The summed E-state index contributed by atoms with van der Waals surface area (Å²) < 4.78 is 0. The Balaban J connectivity index is 1.88. The number of fused-ring (bicyclic) bond motifs is 2. The lowest BCUT2D eigenvalue weighted by Crippen LogP contribution is -2.08. The van der Waals surface area contributed by atoms with Crippen LogP contribution in [0.2, 0.25) is 0 Å². The normalized spacial score (nSPS) is 11.1. The zero-order valence-corrected chi connectivity index (χ0v) is 13.7. The van der Waals surface area contributed by atoms with Crippen molar-refractivity contribution in [3.63, 3.8) is 0 Å². The third kappa shape index (κ3) is 2.52. The molecule has 0 amide bonds. The lowest BCUT2D eigenvalue weighted by molar-refractivity contribution is 0.816. The molecule has 4 aromatic rings. The van der Waals surface area contributed by atoms with E-state index in [0.717, 1.165) is 33.1 Å².